The summed E-state index contributed by atoms with van der Waals surface area (Å²) in [5.74, 6) is 1.68. The Bertz CT molecular complexity index is 626. The zero-order valence-corrected chi connectivity index (χ0v) is 14.4. The van der Waals surface area contributed by atoms with E-state index in [4.69, 9.17) is 9.47 Å². The molecule has 5 heteroatoms. The molecule has 1 aromatic carbocycles. The number of hydrogen-bond donors (Lipinski definition) is 1. The molecule has 0 bridgehead atoms. The minimum absolute atomic E-state index is 0.526. The monoisotopic (exact) mass is 327 g/mol. The zero-order chi connectivity index (χ0) is 16.8. The van der Waals surface area contributed by atoms with Crippen molar-refractivity contribution in [1.29, 1.82) is 0 Å². The molecule has 0 amide bonds. The number of hydrogen-bond acceptors (Lipinski definition) is 5. The molecular weight excluding hydrogens is 302 g/mol. The number of ether oxygens (including phenoxy) is 2. The Balaban J connectivity index is 1.52. The molecule has 0 aliphatic carbocycles. The summed E-state index contributed by atoms with van der Waals surface area (Å²) in [5.41, 5.74) is 2.45. The number of methoxy groups -OCH3 is 2. The average molecular weight is 327 g/mol. The van der Waals surface area contributed by atoms with Gasteiger partial charge in [0.05, 0.1) is 14.2 Å². The number of aromatic nitrogens is 1. The van der Waals surface area contributed by atoms with Gasteiger partial charge < -0.3 is 14.8 Å². The molecule has 1 aliphatic heterocycles. The highest BCUT2D eigenvalue weighted by molar-refractivity contribution is 5.38. The smallest absolute Gasteiger partial charge is 0.122 e. The molecule has 2 heterocycles. The summed E-state index contributed by atoms with van der Waals surface area (Å²) in [6.45, 7) is 3.95. The summed E-state index contributed by atoms with van der Waals surface area (Å²) in [5, 5.41) is 3.63. The number of likely N-dealkylation sites (tertiary alicyclic amines) is 1. The standard InChI is InChI=1S/C19H25N3O2/c1-23-18-8-16(9-19(10-18)24-2)13-22-7-5-17(14-22)21-12-15-4-3-6-20-11-15/h3-4,6,8-11,17,21H,5,7,12-14H2,1-2H3. The van der Waals surface area contributed by atoms with Crippen LogP contribution in [0.15, 0.2) is 42.7 Å². The summed E-state index contributed by atoms with van der Waals surface area (Å²) in [4.78, 5) is 6.63. The van der Waals surface area contributed by atoms with Crippen molar-refractivity contribution in [2.24, 2.45) is 0 Å². The van der Waals surface area contributed by atoms with Crippen molar-refractivity contribution < 1.29 is 9.47 Å². The third kappa shape index (κ3) is 4.46. The maximum atomic E-state index is 5.35. The Morgan fingerprint density at radius 1 is 1.17 bits per heavy atom. The molecule has 1 atom stereocenters. The van der Waals surface area contributed by atoms with Crippen LogP contribution in [0.25, 0.3) is 0 Å². The quantitative estimate of drug-likeness (QED) is 0.846. The van der Waals surface area contributed by atoms with Gasteiger partial charge in [-0.2, -0.15) is 0 Å². The maximum Gasteiger partial charge on any atom is 0.122 e. The van der Waals surface area contributed by atoms with Gasteiger partial charge in [-0.1, -0.05) is 6.07 Å². The van der Waals surface area contributed by atoms with E-state index in [-0.39, 0.29) is 0 Å². The first kappa shape index (κ1) is 16.7. The summed E-state index contributed by atoms with van der Waals surface area (Å²) < 4.78 is 10.7. The number of benzene rings is 1. The van der Waals surface area contributed by atoms with Gasteiger partial charge in [-0.15, -0.1) is 0 Å². The molecule has 2 aromatic rings. The van der Waals surface area contributed by atoms with Gasteiger partial charge in [-0.05, 0) is 35.7 Å². The van der Waals surface area contributed by atoms with Crippen LogP contribution in [-0.2, 0) is 13.1 Å². The Labute approximate surface area is 143 Å². The molecule has 24 heavy (non-hydrogen) atoms. The van der Waals surface area contributed by atoms with Gasteiger partial charge in [-0.3, -0.25) is 9.88 Å². The Morgan fingerprint density at radius 2 is 1.96 bits per heavy atom. The van der Waals surface area contributed by atoms with Crippen molar-refractivity contribution in [2.45, 2.75) is 25.6 Å². The van der Waals surface area contributed by atoms with Gasteiger partial charge in [0.15, 0.2) is 0 Å². The molecular formula is C19H25N3O2. The molecule has 1 saturated heterocycles. The molecule has 0 radical (unpaired) electrons. The van der Waals surface area contributed by atoms with E-state index in [1.165, 1.54) is 17.5 Å². The summed E-state index contributed by atoms with van der Waals surface area (Å²) in [7, 11) is 3.37. The molecule has 3 rings (SSSR count). The second-order valence-electron chi connectivity index (χ2n) is 6.18. The normalized spacial score (nSPS) is 17.8. The van der Waals surface area contributed by atoms with E-state index < -0.39 is 0 Å². The lowest BCUT2D eigenvalue weighted by atomic mass is 10.2. The van der Waals surface area contributed by atoms with Crippen LogP contribution in [0.5, 0.6) is 11.5 Å². The van der Waals surface area contributed by atoms with E-state index in [2.05, 4.69) is 33.4 Å². The van der Waals surface area contributed by atoms with E-state index in [1.54, 1.807) is 14.2 Å². The predicted molar refractivity (Wildman–Crippen MR) is 94.3 cm³/mol. The summed E-state index contributed by atoms with van der Waals surface area (Å²) >= 11 is 0. The SMILES string of the molecule is COc1cc(CN2CCC(NCc3cccnc3)C2)cc(OC)c1. The van der Waals surface area contributed by atoms with Crippen molar-refractivity contribution in [3.05, 3.63) is 53.9 Å². The first-order valence-electron chi connectivity index (χ1n) is 8.33. The lowest BCUT2D eigenvalue weighted by molar-refractivity contribution is 0.317. The minimum atomic E-state index is 0.526. The minimum Gasteiger partial charge on any atom is -0.497 e. The number of nitrogens with zero attached hydrogens (tertiary/aromatic N) is 2. The highest BCUT2D eigenvalue weighted by Crippen LogP contribution is 2.24. The lowest BCUT2D eigenvalue weighted by Crippen LogP contribution is -2.32. The van der Waals surface area contributed by atoms with Crippen LogP contribution >= 0.6 is 0 Å². The largest absolute Gasteiger partial charge is 0.497 e. The van der Waals surface area contributed by atoms with Gasteiger partial charge in [0.25, 0.3) is 0 Å². The van der Waals surface area contributed by atoms with E-state index in [0.717, 1.165) is 37.7 Å². The van der Waals surface area contributed by atoms with Gasteiger partial charge in [-0.25, -0.2) is 0 Å². The molecule has 1 N–H and O–H groups in total. The first-order valence-corrected chi connectivity index (χ1v) is 8.33. The second-order valence-corrected chi connectivity index (χ2v) is 6.18. The fraction of sp³-hybridized carbons (Fsp3) is 0.421. The number of rotatable bonds is 7. The number of nitrogens with one attached hydrogen (secondary N) is 1. The molecule has 0 spiro atoms. The third-order valence-electron chi connectivity index (χ3n) is 4.41. The molecule has 1 aromatic heterocycles. The zero-order valence-electron chi connectivity index (χ0n) is 14.4. The van der Waals surface area contributed by atoms with Crippen molar-refractivity contribution in [3.8, 4) is 11.5 Å². The van der Waals surface area contributed by atoms with Crippen LogP contribution in [0.2, 0.25) is 0 Å². The lowest BCUT2D eigenvalue weighted by Gasteiger charge is -2.18. The van der Waals surface area contributed by atoms with Crippen LogP contribution < -0.4 is 14.8 Å². The Morgan fingerprint density at radius 3 is 2.62 bits per heavy atom. The van der Waals surface area contributed by atoms with Crippen molar-refractivity contribution in [3.63, 3.8) is 0 Å². The summed E-state index contributed by atoms with van der Waals surface area (Å²) in [6.07, 6.45) is 4.90. The molecule has 1 fully saturated rings. The Hall–Kier alpha value is -2.11. The second kappa shape index (κ2) is 8.13. The van der Waals surface area contributed by atoms with Gasteiger partial charge >= 0.3 is 0 Å². The summed E-state index contributed by atoms with van der Waals surface area (Å²) in [6, 6.07) is 10.7. The highest BCUT2D eigenvalue weighted by atomic mass is 16.5. The fourth-order valence-electron chi connectivity index (χ4n) is 3.12. The molecule has 1 unspecified atom stereocenters. The average Bonchev–Trinajstić information content (AvgIpc) is 3.07. The predicted octanol–water partition coefficient (Wildman–Crippen LogP) is 2.46. The van der Waals surface area contributed by atoms with E-state index in [9.17, 15) is 0 Å². The molecule has 1 aliphatic rings. The first-order chi connectivity index (χ1) is 11.8. The number of pyridine rings is 1. The van der Waals surface area contributed by atoms with Crippen LogP contribution in [0, 0.1) is 0 Å². The van der Waals surface area contributed by atoms with Gasteiger partial charge in [0.2, 0.25) is 0 Å². The highest BCUT2D eigenvalue weighted by Gasteiger charge is 2.22. The van der Waals surface area contributed by atoms with Crippen LogP contribution in [0.4, 0.5) is 0 Å². The van der Waals surface area contributed by atoms with Gasteiger partial charge in [0, 0.05) is 50.7 Å². The fourth-order valence-corrected chi connectivity index (χ4v) is 3.12. The van der Waals surface area contributed by atoms with Crippen LogP contribution in [0.1, 0.15) is 17.5 Å². The van der Waals surface area contributed by atoms with Crippen molar-refractivity contribution in [2.75, 3.05) is 27.3 Å². The Kier molecular flexibility index (Phi) is 5.67. The topological polar surface area (TPSA) is 46.6 Å². The molecule has 128 valence electrons. The van der Waals surface area contributed by atoms with E-state index >= 15 is 0 Å². The van der Waals surface area contributed by atoms with Crippen molar-refractivity contribution in [1.82, 2.24) is 15.2 Å². The molecule has 0 saturated carbocycles. The maximum absolute atomic E-state index is 5.35. The van der Waals surface area contributed by atoms with Crippen LogP contribution in [0.3, 0.4) is 0 Å². The van der Waals surface area contributed by atoms with Crippen LogP contribution in [-0.4, -0.2) is 43.2 Å². The van der Waals surface area contributed by atoms with E-state index in [0.29, 0.717) is 6.04 Å². The third-order valence-corrected chi connectivity index (χ3v) is 4.41. The molecule has 5 nitrogen and oxygen atoms in total. The van der Waals surface area contributed by atoms with E-state index in [1.807, 2.05) is 24.5 Å². The van der Waals surface area contributed by atoms with Crippen molar-refractivity contribution >= 4 is 0 Å². The van der Waals surface area contributed by atoms with Gasteiger partial charge in [0.1, 0.15) is 11.5 Å².